The number of benzene rings is 1. The van der Waals surface area contributed by atoms with Gasteiger partial charge in [-0.1, -0.05) is 13.8 Å². The van der Waals surface area contributed by atoms with Gasteiger partial charge in [-0.15, -0.1) is 0 Å². The molecule has 12 heteroatoms. The predicted octanol–water partition coefficient (Wildman–Crippen LogP) is 1.01. The summed E-state index contributed by atoms with van der Waals surface area (Å²) in [6.07, 6.45) is -1.37. The van der Waals surface area contributed by atoms with Crippen molar-refractivity contribution in [2.24, 2.45) is 29.4 Å². The number of anilines is 2. The molecular weight excluding hydrogens is 544 g/mol. The summed E-state index contributed by atoms with van der Waals surface area (Å²) in [7, 11) is 3.56. The summed E-state index contributed by atoms with van der Waals surface area (Å²) in [6, 6.07) is 0.919. The van der Waals surface area contributed by atoms with Crippen LogP contribution in [-0.4, -0.2) is 81.2 Å². The van der Waals surface area contributed by atoms with Crippen molar-refractivity contribution in [3.63, 3.8) is 0 Å². The van der Waals surface area contributed by atoms with Crippen molar-refractivity contribution >= 4 is 40.5 Å². The number of hydrogen-bond acceptors (Lipinski definition) is 10. The number of amides is 2. The number of hydrogen-bond donors (Lipinski definition) is 7. The molecule has 0 spiro atoms. The van der Waals surface area contributed by atoms with E-state index in [0.717, 1.165) is 0 Å². The highest BCUT2D eigenvalue weighted by Crippen LogP contribution is 2.53. The molecule has 0 heterocycles. The molecule has 1 aromatic rings. The zero-order valence-corrected chi connectivity index (χ0v) is 25.1. The fraction of sp³-hybridized carbons (Fsp3) is 0.600. The van der Waals surface area contributed by atoms with E-state index in [-0.39, 0.29) is 47.9 Å². The van der Waals surface area contributed by atoms with Gasteiger partial charge >= 0.3 is 0 Å². The minimum atomic E-state index is -2.65. The lowest BCUT2D eigenvalue weighted by Crippen LogP contribution is -2.66. The minimum Gasteiger partial charge on any atom is -0.507 e. The second-order valence-corrected chi connectivity index (χ2v) is 13.4. The Bertz CT molecular complexity index is 1380. The van der Waals surface area contributed by atoms with Gasteiger partial charge in [0.2, 0.25) is 17.6 Å². The van der Waals surface area contributed by atoms with Gasteiger partial charge in [0.15, 0.2) is 11.4 Å². The summed E-state index contributed by atoms with van der Waals surface area (Å²) in [5.41, 5.74) is 3.21. The number of carbonyl (C=O) groups excluding carboxylic acids is 4. The largest absolute Gasteiger partial charge is 0.507 e. The van der Waals surface area contributed by atoms with E-state index in [4.69, 9.17) is 5.73 Å². The lowest BCUT2D eigenvalue weighted by molar-refractivity contribution is -0.174. The molecule has 4 rings (SSSR count). The summed E-state index contributed by atoms with van der Waals surface area (Å²) < 4.78 is 0. The Balaban J connectivity index is 1.85. The Morgan fingerprint density at radius 2 is 1.76 bits per heavy atom. The number of Topliss-reactive ketones (excluding diaryl/α,β-unsaturated/α-hetero) is 2. The van der Waals surface area contributed by atoms with Crippen molar-refractivity contribution in [1.82, 2.24) is 5.32 Å². The fourth-order valence-electron chi connectivity index (χ4n) is 6.63. The van der Waals surface area contributed by atoms with E-state index in [1.54, 1.807) is 25.1 Å². The minimum absolute atomic E-state index is 0.0427. The van der Waals surface area contributed by atoms with Crippen LogP contribution in [0, 0.1) is 23.7 Å². The van der Waals surface area contributed by atoms with Crippen molar-refractivity contribution in [3.8, 4) is 5.75 Å². The Hall–Kier alpha value is -3.64. The van der Waals surface area contributed by atoms with E-state index in [1.807, 2.05) is 34.6 Å². The monoisotopic (exact) mass is 586 g/mol. The lowest BCUT2D eigenvalue weighted by atomic mass is 9.56. The summed E-state index contributed by atoms with van der Waals surface area (Å²) in [5.74, 6) is -8.25. The SMILES string of the molecule is CC(C)C(Nc1cc(N(C)C)c2c(c1O)C(O)=C1C(=O)[C@]3(O)C(=O)C(C(N)=O)C(O)C[C@@H]3C[C@@H]1C2)C(=O)NC(C)(C)C. The van der Waals surface area contributed by atoms with Crippen LogP contribution in [0.1, 0.15) is 58.6 Å². The fourth-order valence-corrected chi connectivity index (χ4v) is 6.63. The molecule has 3 unspecified atom stereocenters. The zero-order chi connectivity index (χ0) is 31.6. The number of phenolic OH excluding ortho intramolecular Hbond substituents is 1. The van der Waals surface area contributed by atoms with E-state index in [0.29, 0.717) is 11.3 Å². The first kappa shape index (κ1) is 31.3. The average Bonchev–Trinajstić information content (AvgIpc) is 2.83. The second-order valence-electron chi connectivity index (χ2n) is 13.4. The van der Waals surface area contributed by atoms with Gasteiger partial charge in [-0.25, -0.2) is 0 Å². The van der Waals surface area contributed by atoms with Gasteiger partial charge in [0.25, 0.3) is 0 Å². The molecule has 0 saturated heterocycles. The standard InChI is InChI=1S/C30H42N4O8/c1-12(2)22(28(41)33-29(3,4)5)32-16-11-17(34(6)7)15-9-13-8-14-10-18(35)21(27(31)40)26(39)30(14,42)25(38)19(13)24(37)20(15)23(16)36/h11-14,18,21-22,32,35-37,42H,8-10H2,1-7H3,(H2,31,40)(H,33,41)/t13-,14+,18?,21?,22?,30+/m1/s1. The highest BCUT2D eigenvalue weighted by Gasteiger charge is 2.64. The van der Waals surface area contributed by atoms with Gasteiger partial charge in [-0.3, -0.25) is 19.2 Å². The van der Waals surface area contributed by atoms with Crippen LogP contribution in [0.3, 0.4) is 0 Å². The van der Waals surface area contributed by atoms with Crippen LogP contribution in [0.5, 0.6) is 5.75 Å². The van der Waals surface area contributed by atoms with Gasteiger partial charge < -0.3 is 41.7 Å². The number of primary amides is 1. The highest BCUT2D eigenvalue weighted by molar-refractivity contribution is 6.24. The van der Waals surface area contributed by atoms with Crippen LogP contribution in [0.4, 0.5) is 11.4 Å². The summed E-state index contributed by atoms with van der Waals surface area (Å²) in [4.78, 5) is 53.9. The highest BCUT2D eigenvalue weighted by atomic mass is 16.3. The summed E-state index contributed by atoms with van der Waals surface area (Å²) >= 11 is 0. The number of phenols is 1. The summed E-state index contributed by atoms with van der Waals surface area (Å²) in [5, 5.41) is 51.1. The zero-order valence-electron chi connectivity index (χ0n) is 25.1. The average molecular weight is 587 g/mol. The molecule has 6 atom stereocenters. The maximum absolute atomic E-state index is 13.8. The van der Waals surface area contributed by atoms with Crippen LogP contribution in [-0.2, 0) is 25.6 Å². The number of aliphatic hydroxyl groups is 3. The number of ketones is 2. The molecular formula is C30H42N4O8. The molecule has 0 radical (unpaired) electrons. The van der Waals surface area contributed by atoms with Crippen LogP contribution in [0.15, 0.2) is 11.6 Å². The van der Waals surface area contributed by atoms with Gasteiger partial charge in [0.05, 0.1) is 17.4 Å². The maximum atomic E-state index is 13.8. The first-order chi connectivity index (χ1) is 19.3. The van der Waals surface area contributed by atoms with E-state index in [9.17, 15) is 39.6 Å². The first-order valence-corrected chi connectivity index (χ1v) is 14.2. The third-order valence-electron chi connectivity index (χ3n) is 8.60. The van der Waals surface area contributed by atoms with Crippen LogP contribution >= 0.6 is 0 Å². The number of nitrogens with one attached hydrogen (secondary N) is 2. The van der Waals surface area contributed by atoms with Gasteiger partial charge in [-0.05, 0) is 63.5 Å². The van der Waals surface area contributed by atoms with Crippen molar-refractivity contribution in [1.29, 1.82) is 0 Å². The molecule has 0 aromatic heterocycles. The topological polar surface area (TPSA) is 203 Å². The number of aliphatic hydroxyl groups excluding tert-OH is 2. The number of carbonyl (C=O) groups is 4. The van der Waals surface area contributed by atoms with Crippen molar-refractivity contribution < 1.29 is 39.6 Å². The van der Waals surface area contributed by atoms with Crippen molar-refractivity contribution in [2.75, 3.05) is 24.3 Å². The van der Waals surface area contributed by atoms with Gasteiger partial charge in [-0.2, -0.15) is 0 Å². The number of aromatic hydroxyl groups is 1. The molecule has 230 valence electrons. The Morgan fingerprint density at radius 1 is 1.14 bits per heavy atom. The quantitative estimate of drug-likeness (QED) is 0.186. The Labute approximate surface area is 245 Å². The molecule has 12 nitrogen and oxygen atoms in total. The number of fused-ring (bicyclic) bond motifs is 3. The van der Waals surface area contributed by atoms with Crippen LogP contribution in [0.25, 0.3) is 5.76 Å². The number of nitrogens with two attached hydrogens (primary N) is 1. The molecule has 8 N–H and O–H groups in total. The van der Waals surface area contributed by atoms with Crippen molar-refractivity contribution in [3.05, 3.63) is 22.8 Å². The molecule has 0 bridgehead atoms. The third kappa shape index (κ3) is 5.00. The lowest BCUT2D eigenvalue weighted by Gasteiger charge is -2.48. The molecule has 0 aliphatic heterocycles. The number of rotatable bonds is 6. The first-order valence-electron chi connectivity index (χ1n) is 14.2. The van der Waals surface area contributed by atoms with Gasteiger partial charge in [0.1, 0.15) is 23.5 Å². The predicted molar refractivity (Wildman–Crippen MR) is 156 cm³/mol. The molecule has 2 amide bonds. The van der Waals surface area contributed by atoms with Crippen molar-refractivity contribution in [2.45, 2.75) is 77.2 Å². The summed E-state index contributed by atoms with van der Waals surface area (Å²) in [6.45, 7) is 9.26. The van der Waals surface area contributed by atoms with Crippen LogP contribution < -0.4 is 21.3 Å². The van der Waals surface area contributed by atoms with E-state index in [2.05, 4.69) is 10.6 Å². The Kier molecular flexibility index (Phi) is 7.88. The maximum Gasteiger partial charge on any atom is 0.243 e. The van der Waals surface area contributed by atoms with E-state index in [1.165, 1.54) is 0 Å². The van der Waals surface area contributed by atoms with Gasteiger partial charge in [0, 0.05) is 36.8 Å². The number of nitrogens with zero attached hydrogens (tertiary/aromatic N) is 1. The molecule has 1 aromatic carbocycles. The molecule has 3 aliphatic rings. The third-order valence-corrected chi connectivity index (χ3v) is 8.60. The second kappa shape index (κ2) is 10.6. The van der Waals surface area contributed by atoms with E-state index >= 15 is 0 Å². The van der Waals surface area contributed by atoms with E-state index < -0.39 is 70.0 Å². The normalized spacial score (nSPS) is 28.0. The smallest absolute Gasteiger partial charge is 0.243 e. The molecule has 2 saturated carbocycles. The molecule has 2 fully saturated rings. The molecule has 42 heavy (non-hydrogen) atoms. The molecule has 3 aliphatic carbocycles. The Morgan fingerprint density at radius 3 is 2.29 bits per heavy atom. The van der Waals surface area contributed by atoms with Crippen LogP contribution in [0.2, 0.25) is 0 Å².